The Bertz CT molecular complexity index is 1500. The Balaban J connectivity index is 1.31. The fourth-order valence-electron chi connectivity index (χ4n) is 6.98. The number of esters is 1. The first-order chi connectivity index (χ1) is 21.2. The maximum absolute atomic E-state index is 13.4. The Labute approximate surface area is 266 Å². The van der Waals surface area contributed by atoms with Gasteiger partial charge in [-0.3, -0.25) is 14.4 Å². The second kappa shape index (κ2) is 13.6. The lowest BCUT2D eigenvalue weighted by atomic mass is 9.87. The van der Waals surface area contributed by atoms with Gasteiger partial charge in [-0.15, -0.1) is 0 Å². The molecule has 0 saturated carbocycles. The Morgan fingerprint density at radius 3 is 1.98 bits per heavy atom. The average Bonchev–Trinajstić information content (AvgIpc) is 3.81. The van der Waals surface area contributed by atoms with Crippen molar-refractivity contribution in [3.05, 3.63) is 57.6 Å². The summed E-state index contributed by atoms with van der Waals surface area (Å²) in [6, 6.07) is 6.17. The number of nitrogens with zero attached hydrogens (tertiary/aromatic N) is 1. The van der Waals surface area contributed by atoms with Gasteiger partial charge in [-0.2, -0.15) is 0 Å². The predicted molar refractivity (Wildman–Crippen MR) is 168 cm³/mol. The van der Waals surface area contributed by atoms with Crippen LogP contribution in [-0.4, -0.2) is 72.1 Å². The largest absolute Gasteiger partial charge is 0.456 e. The molecule has 9 nitrogen and oxygen atoms in total. The standard InChI is InChI=1S/C34H39BrN2O7/c1-19(2)31(36-34(42)43-3)32(40)37-16-6-11-28(37)33(41)44-18-30(39)27-15-13-25(21-8-5-10-23(21)27)24-12-14-26(29(38)17-35)22-9-4-7-20(22)24/h12-15,19,28,31H,4-11,16-18H2,1-3H3,(H,36,42). The van der Waals surface area contributed by atoms with Crippen molar-refractivity contribution >= 4 is 45.5 Å². The highest BCUT2D eigenvalue weighted by molar-refractivity contribution is 9.09. The minimum absolute atomic E-state index is 0.0955. The van der Waals surface area contributed by atoms with Gasteiger partial charge < -0.3 is 19.7 Å². The molecule has 2 aromatic carbocycles. The zero-order valence-corrected chi connectivity index (χ0v) is 27.1. The van der Waals surface area contributed by atoms with Crippen LogP contribution in [-0.2, 0) is 44.7 Å². The molecule has 234 valence electrons. The van der Waals surface area contributed by atoms with E-state index < -0.39 is 30.8 Å². The van der Waals surface area contributed by atoms with Gasteiger partial charge in [0.15, 0.2) is 12.4 Å². The van der Waals surface area contributed by atoms with Crippen molar-refractivity contribution in [3.8, 4) is 11.1 Å². The molecule has 1 heterocycles. The van der Waals surface area contributed by atoms with E-state index in [4.69, 9.17) is 4.74 Å². The molecule has 10 heteroatoms. The van der Waals surface area contributed by atoms with Crippen LogP contribution in [0, 0.1) is 5.92 Å². The Hall–Kier alpha value is -3.53. The zero-order chi connectivity index (χ0) is 31.5. The Kier molecular flexibility index (Phi) is 9.87. The molecule has 2 atom stereocenters. The van der Waals surface area contributed by atoms with E-state index in [1.165, 1.54) is 17.6 Å². The zero-order valence-electron chi connectivity index (χ0n) is 25.5. The number of alkyl halides is 1. The van der Waals surface area contributed by atoms with Crippen LogP contribution >= 0.6 is 15.9 Å². The van der Waals surface area contributed by atoms with E-state index >= 15 is 0 Å². The van der Waals surface area contributed by atoms with Crippen LogP contribution in [0.5, 0.6) is 0 Å². The van der Waals surface area contributed by atoms with Gasteiger partial charge in [-0.25, -0.2) is 9.59 Å². The molecule has 2 unspecified atom stereocenters. The molecule has 1 aliphatic heterocycles. The number of ketones is 2. The lowest BCUT2D eigenvalue weighted by molar-refractivity contribution is -0.153. The second-order valence-corrected chi connectivity index (χ2v) is 12.6. The number of rotatable bonds is 10. The Morgan fingerprint density at radius 2 is 1.43 bits per heavy atom. The molecular weight excluding hydrogens is 628 g/mol. The van der Waals surface area contributed by atoms with Gasteiger partial charge >= 0.3 is 12.1 Å². The fraction of sp³-hybridized carbons (Fsp3) is 0.500. The van der Waals surface area contributed by atoms with Crippen molar-refractivity contribution in [1.82, 2.24) is 10.2 Å². The molecule has 0 aromatic heterocycles. The average molecular weight is 668 g/mol. The number of carbonyl (C=O) groups is 5. The molecule has 2 aliphatic carbocycles. The van der Waals surface area contributed by atoms with Crippen molar-refractivity contribution in [2.24, 2.45) is 5.92 Å². The number of Topliss-reactive ketones (excluding diaryl/α,β-unsaturated/α-hetero) is 2. The number of benzene rings is 2. The van der Waals surface area contributed by atoms with E-state index in [0.29, 0.717) is 30.3 Å². The second-order valence-electron chi connectivity index (χ2n) is 12.1. The van der Waals surface area contributed by atoms with Gasteiger partial charge in [-0.1, -0.05) is 54.0 Å². The fourth-order valence-corrected chi connectivity index (χ4v) is 7.28. The first-order valence-electron chi connectivity index (χ1n) is 15.4. The number of carbonyl (C=O) groups excluding carboxylic acids is 5. The van der Waals surface area contributed by atoms with Crippen molar-refractivity contribution < 1.29 is 33.4 Å². The molecule has 0 spiro atoms. The third-order valence-electron chi connectivity index (χ3n) is 9.13. The van der Waals surface area contributed by atoms with E-state index in [2.05, 4.69) is 32.0 Å². The molecule has 1 saturated heterocycles. The highest BCUT2D eigenvalue weighted by Crippen LogP contribution is 2.40. The lowest BCUT2D eigenvalue weighted by Gasteiger charge is -2.29. The van der Waals surface area contributed by atoms with E-state index in [1.54, 1.807) is 13.8 Å². The Morgan fingerprint density at radius 1 is 0.864 bits per heavy atom. The number of fused-ring (bicyclic) bond motifs is 2. The highest BCUT2D eigenvalue weighted by atomic mass is 79.9. The maximum Gasteiger partial charge on any atom is 0.407 e. The molecule has 0 radical (unpaired) electrons. The molecule has 1 fully saturated rings. The number of ether oxygens (including phenoxy) is 2. The molecule has 2 amide bonds. The van der Waals surface area contributed by atoms with E-state index in [-0.39, 0.29) is 23.4 Å². The first-order valence-corrected chi connectivity index (χ1v) is 16.5. The molecule has 5 rings (SSSR count). The first kappa shape index (κ1) is 31.9. The van der Waals surface area contributed by atoms with Crippen molar-refractivity contribution in [3.63, 3.8) is 0 Å². The van der Waals surface area contributed by atoms with Crippen molar-refractivity contribution in [2.75, 3.05) is 25.6 Å². The minimum atomic E-state index is -0.846. The molecular formula is C34H39BrN2O7. The number of halogens is 1. The van der Waals surface area contributed by atoms with Crippen LogP contribution in [0.4, 0.5) is 4.79 Å². The van der Waals surface area contributed by atoms with Gasteiger partial charge in [0.25, 0.3) is 0 Å². The smallest absolute Gasteiger partial charge is 0.407 e. The van der Waals surface area contributed by atoms with Gasteiger partial charge in [0.05, 0.1) is 12.4 Å². The van der Waals surface area contributed by atoms with E-state index in [9.17, 15) is 24.0 Å². The normalized spacial score (nSPS) is 17.7. The van der Waals surface area contributed by atoms with E-state index in [0.717, 1.165) is 71.9 Å². The summed E-state index contributed by atoms with van der Waals surface area (Å²) in [4.78, 5) is 65.6. The van der Waals surface area contributed by atoms with Crippen LogP contribution in [0.15, 0.2) is 24.3 Å². The molecule has 0 bridgehead atoms. The van der Waals surface area contributed by atoms with Crippen LogP contribution in [0.25, 0.3) is 11.1 Å². The van der Waals surface area contributed by atoms with Gasteiger partial charge in [-0.05, 0) is 90.7 Å². The summed E-state index contributed by atoms with van der Waals surface area (Å²) in [5, 5.41) is 2.86. The van der Waals surface area contributed by atoms with Crippen molar-refractivity contribution in [2.45, 2.75) is 77.3 Å². The number of hydrogen-bond acceptors (Lipinski definition) is 7. The van der Waals surface area contributed by atoms with Gasteiger partial charge in [0, 0.05) is 17.7 Å². The van der Waals surface area contributed by atoms with Gasteiger partial charge in [0.2, 0.25) is 11.7 Å². The number of amides is 2. The SMILES string of the molecule is COC(=O)NC(C(=O)N1CCCC1C(=O)OCC(=O)c1ccc(-c2ccc(C(=O)CBr)c3c2CCC3)c2c1CCC2)C(C)C. The summed E-state index contributed by atoms with van der Waals surface area (Å²) in [7, 11) is 1.23. The summed E-state index contributed by atoms with van der Waals surface area (Å²) in [5.74, 6) is -1.39. The molecule has 1 N–H and O–H groups in total. The number of hydrogen-bond donors (Lipinski definition) is 1. The molecule has 44 heavy (non-hydrogen) atoms. The third kappa shape index (κ3) is 6.18. The minimum Gasteiger partial charge on any atom is -0.456 e. The molecule has 3 aliphatic rings. The summed E-state index contributed by atoms with van der Waals surface area (Å²) in [6.45, 7) is 3.56. The number of nitrogens with one attached hydrogen (secondary N) is 1. The lowest BCUT2D eigenvalue weighted by Crippen LogP contribution is -2.54. The quantitative estimate of drug-likeness (QED) is 0.215. The predicted octanol–water partition coefficient (Wildman–Crippen LogP) is 5.01. The summed E-state index contributed by atoms with van der Waals surface area (Å²) >= 11 is 3.31. The van der Waals surface area contributed by atoms with Crippen LogP contribution in [0.2, 0.25) is 0 Å². The van der Waals surface area contributed by atoms with Crippen LogP contribution < -0.4 is 5.32 Å². The van der Waals surface area contributed by atoms with E-state index in [1.807, 2.05) is 18.2 Å². The molecule has 2 aromatic rings. The third-order valence-corrected chi connectivity index (χ3v) is 9.64. The summed E-state index contributed by atoms with van der Waals surface area (Å²) < 4.78 is 10.2. The van der Waals surface area contributed by atoms with Crippen LogP contribution in [0.1, 0.15) is 82.5 Å². The number of likely N-dealkylation sites (tertiary alicyclic amines) is 1. The highest BCUT2D eigenvalue weighted by Gasteiger charge is 2.40. The number of alkyl carbamates (subject to hydrolysis) is 1. The summed E-state index contributed by atoms with van der Waals surface area (Å²) in [5.41, 5.74) is 8.15. The topological polar surface area (TPSA) is 119 Å². The maximum atomic E-state index is 13.4. The number of methoxy groups -OCH3 is 1. The van der Waals surface area contributed by atoms with Gasteiger partial charge in [0.1, 0.15) is 12.1 Å². The monoisotopic (exact) mass is 666 g/mol. The van der Waals surface area contributed by atoms with Crippen molar-refractivity contribution in [1.29, 1.82) is 0 Å². The summed E-state index contributed by atoms with van der Waals surface area (Å²) in [6.07, 6.45) is 5.73. The van der Waals surface area contributed by atoms with Crippen LogP contribution in [0.3, 0.4) is 0 Å².